The van der Waals surface area contributed by atoms with Gasteiger partial charge in [0.2, 0.25) is 0 Å². The third-order valence-corrected chi connectivity index (χ3v) is 6.52. The van der Waals surface area contributed by atoms with Crippen LogP contribution in [-0.2, 0) is 0 Å². The molecule has 2 fully saturated rings. The summed E-state index contributed by atoms with van der Waals surface area (Å²) in [4.78, 5) is 2.73. The van der Waals surface area contributed by atoms with Crippen molar-refractivity contribution in [2.45, 2.75) is 56.7 Å². The SMILES string of the molecule is CCC1CCN(C2(CN)CCCSC2C)CC1. The lowest BCUT2D eigenvalue weighted by atomic mass is 9.83. The summed E-state index contributed by atoms with van der Waals surface area (Å²) in [6.45, 7) is 8.12. The monoisotopic (exact) mass is 256 g/mol. The molecule has 0 aliphatic carbocycles. The van der Waals surface area contributed by atoms with Gasteiger partial charge in [-0.1, -0.05) is 20.3 Å². The second-order valence-corrected chi connectivity index (χ2v) is 7.21. The number of hydrogen-bond acceptors (Lipinski definition) is 3. The van der Waals surface area contributed by atoms with Crippen LogP contribution in [0.25, 0.3) is 0 Å². The van der Waals surface area contributed by atoms with Crippen LogP contribution in [0, 0.1) is 5.92 Å². The highest BCUT2D eigenvalue weighted by atomic mass is 32.2. The average molecular weight is 256 g/mol. The van der Waals surface area contributed by atoms with Crippen molar-refractivity contribution in [3.8, 4) is 0 Å². The summed E-state index contributed by atoms with van der Waals surface area (Å²) in [6.07, 6.45) is 6.79. The van der Waals surface area contributed by atoms with Gasteiger partial charge >= 0.3 is 0 Å². The van der Waals surface area contributed by atoms with E-state index in [0.29, 0.717) is 10.8 Å². The number of hydrogen-bond donors (Lipinski definition) is 1. The maximum atomic E-state index is 6.17. The molecule has 0 aromatic carbocycles. The highest BCUT2D eigenvalue weighted by Gasteiger charge is 2.43. The molecule has 2 N–H and O–H groups in total. The first kappa shape index (κ1) is 13.7. The van der Waals surface area contributed by atoms with Gasteiger partial charge in [0.1, 0.15) is 0 Å². The van der Waals surface area contributed by atoms with Crippen LogP contribution >= 0.6 is 11.8 Å². The Morgan fingerprint density at radius 3 is 2.59 bits per heavy atom. The van der Waals surface area contributed by atoms with Gasteiger partial charge in [-0.3, -0.25) is 4.90 Å². The van der Waals surface area contributed by atoms with E-state index in [0.717, 1.165) is 12.5 Å². The normalized spacial score (nSPS) is 37.2. The van der Waals surface area contributed by atoms with Crippen LogP contribution in [-0.4, -0.2) is 41.1 Å². The number of rotatable bonds is 3. The number of thioether (sulfide) groups is 1. The molecule has 17 heavy (non-hydrogen) atoms. The summed E-state index contributed by atoms with van der Waals surface area (Å²) < 4.78 is 0. The summed E-state index contributed by atoms with van der Waals surface area (Å²) in [5.41, 5.74) is 6.48. The average Bonchev–Trinajstić information content (AvgIpc) is 2.40. The minimum atomic E-state index is 0.307. The van der Waals surface area contributed by atoms with E-state index >= 15 is 0 Å². The van der Waals surface area contributed by atoms with E-state index in [1.807, 2.05) is 0 Å². The summed E-state index contributed by atoms with van der Waals surface area (Å²) >= 11 is 2.13. The second-order valence-electron chi connectivity index (χ2n) is 5.76. The topological polar surface area (TPSA) is 29.3 Å². The highest BCUT2D eigenvalue weighted by Crippen LogP contribution is 2.39. The van der Waals surface area contributed by atoms with Crippen molar-refractivity contribution in [3.05, 3.63) is 0 Å². The summed E-state index contributed by atoms with van der Waals surface area (Å²) in [5, 5.41) is 0.708. The van der Waals surface area contributed by atoms with Gasteiger partial charge in [0.15, 0.2) is 0 Å². The van der Waals surface area contributed by atoms with E-state index in [1.165, 1.54) is 50.9 Å². The van der Waals surface area contributed by atoms with Crippen LogP contribution in [0.1, 0.15) is 46.0 Å². The van der Waals surface area contributed by atoms with E-state index in [2.05, 4.69) is 30.5 Å². The molecule has 2 heterocycles. The number of piperidine rings is 1. The number of likely N-dealkylation sites (tertiary alicyclic amines) is 1. The molecule has 3 heteroatoms. The van der Waals surface area contributed by atoms with Crippen molar-refractivity contribution in [1.29, 1.82) is 0 Å². The van der Waals surface area contributed by atoms with Gasteiger partial charge in [0, 0.05) is 17.3 Å². The Kier molecular flexibility index (Phi) is 4.79. The maximum Gasteiger partial charge on any atom is 0.0447 e. The minimum absolute atomic E-state index is 0.307. The fraction of sp³-hybridized carbons (Fsp3) is 1.00. The molecule has 0 spiro atoms. The molecule has 2 aliphatic heterocycles. The van der Waals surface area contributed by atoms with Crippen molar-refractivity contribution in [2.24, 2.45) is 11.7 Å². The molecule has 2 atom stereocenters. The zero-order valence-corrected chi connectivity index (χ0v) is 12.3. The Balaban J connectivity index is 2.02. The second kappa shape index (κ2) is 5.94. The third-order valence-electron chi connectivity index (χ3n) is 5.05. The minimum Gasteiger partial charge on any atom is -0.329 e. The first-order valence-electron chi connectivity index (χ1n) is 7.29. The molecule has 0 amide bonds. The maximum absolute atomic E-state index is 6.17. The van der Waals surface area contributed by atoms with Crippen molar-refractivity contribution < 1.29 is 0 Å². The van der Waals surface area contributed by atoms with E-state index in [4.69, 9.17) is 5.73 Å². The van der Waals surface area contributed by atoms with Crippen LogP contribution in [0.3, 0.4) is 0 Å². The van der Waals surface area contributed by atoms with Gasteiger partial charge in [-0.2, -0.15) is 11.8 Å². The van der Waals surface area contributed by atoms with Crippen LogP contribution < -0.4 is 5.73 Å². The van der Waals surface area contributed by atoms with Crippen molar-refractivity contribution in [1.82, 2.24) is 4.90 Å². The Morgan fingerprint density at radius 1 is 1.35 bits per heavy atom. The van der Waals surface area contributed by atoms with Gasteiger partial charge in [-0.25, -0.2) is 0 Å². The van der Waals surface area contributed by atoms with E-state index in [1.54, 1.807) is 0 Å². The quantitative estimate of drug-likeness (QED) is 0.842. The first-order valence-corrected chi connectivity index (χ1v) is 8.34. The van der Waals surface area contributed by atoms with E-state index < -0.39 is 0 Å². The molecular formula is C14H28N2S. The van der Waals surface area contributed by atoms with Crippen LogP contribution in [0.4, 0.5) is 0 Å². The zero-order chi connectivity index (χ0) is 12.3. The molecule has 2 nitrogen and oxygen atoms in total. The van der Waals surface area contributed by atoms with Crippen molar-refractivity contribution >= 4 is 11.8 Å². The summed E-state index contributed by atoms with van der Waals surface area (Å²) in [6, 6.07) is 0. The molecule has 2 saturated heterocycles. The fourth-order valence-corrected chi connectivity index (χ4v) is 4.93. The predicted molar refractivity (Wildman–Crippen MR) is 77.5 cm³/mol. The molecule has 2 aliphatic rings. The lowest BCUT2D eigenvalue weighted by Gasteiger charge is -2.52. The fourth-order valence-electron chi connectivity index (χ4n) is 3.60. The Labute approximate surface area is 111 Å². The van der Waals surface area contributed by atoms with Crippen LogP contribution in [0.15, 0.2) is 0 Å². The summed E-state index contributed by atoms with van der Waals surface area (Å²) in [7, 11) is 0. The molecule has 2 rings (SSSR count). The molecular weight excluding hydrogens is 228 g/mol. The third kappa shape index (κ3) is 2.66. The van der Waals surface area contributed by atoms with Crippen molar-refractivity contribution in [3.63, 3.8) is 0 Å². The Morgan fingerprint density at radius 2 is 2.06 bits per heavy atom. The van der Waals surface area contributed by atoms with Gasteiger partial charge < -0.3 is 5.73 Å². The molecule has 2 unspecified atom stereocenters. The molecule has 0 saturated carbocycles. The predicted octanol–water partition coefficient (Wildman–Crippen LogP) is 2.72. The largest absolute Gasteiger partial charge is 0.329 e. The van der Waals surface area contributed by atoms with E-state index in [9.17, 15) is 0 Å². The number of nitrogens with two attached hydrogens (primary N) is 1. The molecule has 0 radical (unpaired) electrons. The smallest absolute Gasteiger partial charge is 0.0447 e. The summed E-state index contributed by atoms with van der Waals surface area (Å²) in [5.74, 6) is 2.29. The lowest BCUT2D eigenvalue weighted by molar-refractivity contribution is 0.0453. The molecule has 0 aromatic heterocycles. The molecule has 0 aromatic rings. The van der Waals surface area contributed by atoms with Gasteiger partial charge in [-0.05, 0) is 50.4 Å². The lowest BCUT2D eigenvalue weighted by Crippen LogP contribution is -2.62. The number of nitrogens with zero attached hydrogens (tertiary/aromatic N) is 1. The van der Waals surface area contributed by atoms with Gasteiger partial charge in [0.25, 0.3) is 0 Å². The standard InChI is InChI=1S/C14H28N2S/c1-3-13-5-8-16(9-6-13)14(11-15)7-4-10-17-12(14)2/h12-13H,3-11,15H2,1-2H3. The van der Waals surface area contributed by atoms with Gasteiger partial charge in [-0.15, -0.1) is 0 Å². The Bertz CT molecular complexity index is 238. The van der Waals surface area contributed by atoms with Gasteiger partial charge in [0.05, 0.1) is 0 Å². The molecule has 0 bridgehead atoms. The van der Waals surface area contributed by atoms with Crippen molar-refractivity contribution in [2.75, 3.05) is 25.4 Å². The van der Waals surface area contributed by atoms with Crippen LogP contribution in [0.5, 0.6) is 0 Å². The highest BCUT2D eigenvalue weighted by molar-refractivity contribution is 8.00. The molecule has 100 valence electrons. The first-order chi connectivity index (χ1) is 8.23. The van der Waals surface area contributed by atoms with E-state index in [-0.39, 0.29) is 0 Å². The van der Waals surface area contributed by atoms with Crippen LogP contribution in [0.2, 0.25) is 0 Å². The Hall–Kier alpha value is 0.270. The zero-order valence-electron chi connectivity index (χ0n) is 11.5.